The van der Waals surface area contributed by atoms with Gasteiger partial charge in [-0.2, -0.15) is 9.78 Å². The van der Waals surface area contributed by atoms with Crippen LogP contribution in [-0.2, 0) is 9.53 Å². The van der Waals surface area contributed by atoms with Gasteiger partial charge in [-0.15, -0.1) is 0 Å². The first-order chi connectivity index (χ1) is 13.0. The molecular weight excluding hydrogens is 366 g/mol. The van der Waals surface area contributed by atoms with Crippen LogP contribution in [0.4, 0.5) is 5.82 Å². The predicted molar refractivity (Wildman–Crippen MR) is 104 cm³/mol. The van der Waals surface area contributed by atoms with Gasteiger partial charge >= 0.3 is 5.97 Å². The Kier molecular flexibility index (Phi) is 5.75. The number of benzene rings is 1. The molecule has 3 rings (SSSR count). The van der Waals surface area contributed by atoms with E-state index in [1.54, 1.807) is 19.2 Å². The Morgan fingerprint density at radius 2 is 1.96 bits per heavy atom. The number of carbonyl (C=O) groups excluding carboxylic acids is 2. The predicted octanol–water partition coefficient (Wildman–Crippen LogP) is 4.39. The molecule has 0 saturated carbocycles. The highest BCUT2D eigenvalue weighted by molar-refractivity contribution is 6.31. The van der Waals surface area contributed by atoms with Crippen molar-refractivity contribution in [2.24, 2.45) is 10.9 Å². The summed E-state index contributed by atoms with van der Waals surface area (Å²) in [6.45, 7) is 5.52. The van der Waals surface area contributed by atoms with E-state index in [1.807, 2.05) is 25.1 Å². The number of rotatable bonds is 5. The minimum absolute atomic E-state index is 0.233. The fourth-order valence-electron chi connectivity index (χ4n) is 3.54. The first kappa shape index (κ1) is 19.3. The standard InChI is InChI=1S/C20H22ClN3O3/c1-4-8-16-18(20(26)27-5-2)17(13-9-6-7-10-15(13)21)14-11-22-24(12(3)25)19(14)23-16/h6-7,9-11,17-18H,4-5,8H2,1-3H3. The average Bonchev–Trinajstić information content (AvgIpc) is 3.05. The summed E-state index contributed by atoms with van der Waals surface area (Å²) in [5.41, 5.74) is 2.19. The number of esters is 1. The van der Waals surface area contributed by atoms with Crippen molar-refractivity contribution < 1.29 is 14.3 Å². The van der Waals surface area contributed by atoms with E-state index >= 15 is 0 Å². The van der Waals surface area contributed by atoms with Gasteiger partial charge in [0.1, 0.15) is 5.92 Å². The van der Waals surface area contributed by atoms with Gasteiger partial charge in [0.25, 0.3) is 0 Å². The third-order valence-corrected chi connectivity index (χ3v) is 4.98. The zero-order valence-corrected chi connectivity index (χ0v) is 16.4. The molecule has 27 heavy (non-hydrogen) atoms. The highest BCUT2D eigenvalue weighted by Crippen LogP contribution is 2.45. The van der Waals surface area contributed by atoms with Crippen molar-refractivity contribution in [1.82, 2.24) is 9.78 Å². The number of halogens is 1. The van der Waals surface area contributed by atoms with E-state index in [4.69, 9.17) is 16.3 Å². The second kappa shape index (κ2) is 8.05. The smallest absolute Gasteiger partial charge is 0.315 e. The molecule has 1 aromatic heterocycles. The molecule has 6 nitrogen and oxygen atoms in total. The summed E-state index contributed by atoms with van der Waals surface area (Å²) < 4.78 is 6.64. The molecule has 0 N–H and O–H groups in total. The van der Waals surface area contributed by atoms with Crippen molar-refractivity contribution in [3.05, 3.63) is 46.6 Å². The second-order valence-corrected chi connectivity index (χ2v) is 6.84. The summed E-state index contributed by atoms with van der Waals surface area (Å²) in [5.74, 6) is -1.10. The number of ether oxygens (including phenoxy) is 1. The van der Waals surface area contributed by atoms with Gasteiger partial charge in [-0.3, -0.25) is 9.59 Å². The van der Waals surface area contributed by atoms with Gasteiger partial charge in [-0.1, -0.05) is 43.1 Å². The highest BCUT2D eigenvalue weighted by atomic mass is 35.5. The lowest BCUT2D eigenvalue weighted by molar-refractivity contribution is -0.146. The highest BCUT2D eigenvalue weighted by Gasteiger charge is 2.42. The van der Waals surface area contributed by atoms with Crippen LogP contribution in [0, 0.1) is 5.92 Å². The molecule has 142 valence electrons. The maximum absolute atomic E-state index is 12.9. The van der Waals surface area contributed by atoms with Gasteiger partial charge in [-0.25, -0.2) is 4.99 Å². The van der Waals surface area contributed by atoms with Gasteiger partial charge < -0.3 is 4.74 Å². The van der Waals surface area contributed by atoms with E-state index in [0.29, 0.717) is 28.5 Å². The Balaban J connectivity index is 2.25. The summed E-state index contributed by atoms with van der Waals surface area (Å²) in [6.07, 6.45) is 3.03. The van der Waals surface area contributed by atoms with Crippen LogP contribution in [0.25, 0.3) is 0 Å². The summed E-state index contributed by atoms with van der Waals surface area (Å²) >= 11 is 6.48. The number of aromatic nitrogens is 2. The lowest BCUT2D eigenvalue weighted by atomic mass is 9.76. The zero-order chi connectivity index (χ0) is 19.6. The third kappa shape index (κ3) is 3.54. The number of aliphatic imine (C=N–C) groups is 1. The molecule has 0 amide bonds. The minimum atomic E-state index is -0.595. The molecule has 0 fully saturated rings. The number of fused-ring (bicyclic) bond motifs is 1. The molecule has 2 aromatic rings. The van der Waals surface area contributed by atoms with Crippen molar-refractivity contribution in [3.8, 4) is 0 Å². The second-order valence-electron chi connectivity index (χ2n) is 6.44. The van der Waals surface area contributed by atoms with Crippen LogP contribution in [0.1, 0.15) is 55.5 Å². The Labute approximate surface area is 163 Å². The van der Waals surface area contributed by atoms with Crippen LogP contribution in [0.15, 0.2) is 35.5 Å². The Morgan fingerprint density at radius 3 is 2.59 bits per heavy atom. The van der Waals surface area contributed by atoms with Gasteiger partial charge in [0.15, 0.2) is 5.82 Å². The lowest BCUT2D eigenvalue weighted by Gasteiger charge is -2.31. The Morgan fingerprint density at radius 1 is 1.22 bits per heavy atom. The fourth-order valence-corrected chi connectivity index (χ4v) is 3.79. The minimum Gasteiger partial charge on any atom is -0.465 e. The molecule has 0 bridgehead atoms. The van der Waals surface area contributed by atoms with Gasteiger partial charge in [0.2, 0.25) is 5.91 Å². The summed E-state index contributed by atoms with van der Waals surface area (Å²) in [6, 6.07) is 7.40. The van der Waals surface area contributed by atoms with Gasteiger partial charge in [0.05, 0.1) is 12.8 Å². The first-order valence-electron chi connectivity index (χ1n) is 9.06. The van der Waals surface area contributed by atoms with E-state index in [1.165, 1.54) is 11.6 Å². The van der Waals surface area contributed by atoms with Crippen molar-refractivity contribution in [1.29, 1.82) is 0 Å². The quantitative estimate of drug-likeness (QED) is 0.713. The molecule has 2 atom stereocenters. The van der Waals surface area contributed by atoms with Gasteiger partial charge in [-0.05, 0) is 25.0 Å². The molecule has 7 heteroatoms. The number of nitrogens with zero attached hydrogens (tertiary/aromatic N) is 3. The van der Waals surface area contributed by atoms with E-state index in [0.717, 1.165) is 12.0 Å². The number of carbonyl (C=O) groups is 2. The van der Waals surface area contributed by atoms with Crippen LogP contribution >= 0.6 is 11.6 Å². The molecule has 2 unspecified atom stereocenters. The SMILES string of the molecule is CCCC1=Nc2c(cnn2C(C)=O)C(c2ccccc2Cl)C1C(=O)OCC. The maximum atomic E-state index is 12.9. The lowest BCUT2D eigenvalue weighted by Crippen LogP contribution is -2.35. The van der Waals surface area contributed by atoms with E-state index in [9.17, 15) is 9.59 Å². The Hall–Kier alpha value is -2.47. The van der Waals surface area contributed by atoms with E-state index in [2.05, 4.69) is 10.1 Å². The van der Waals surface area contributed by atoms with Crippen molar-refractivity contribution in [3.63, 3.8) is 0 Å². The van der Waals surface area contributed by atoms with Crippen molar-refractivity contribution in [2.45, 2.75) is 39.5 Å². The molecule has 1 aliphatic rings. The summed E-state index contributed by atoms with van der Waals surface area (Å²) in [7, 11) is 0. The molecule has 0 aliphatic carbocycles. The van der Waals surface area contributed by atoms with Crippen molar-refractivity contribution in [2.75, 3.05) is 6.61 Å². The van der Waals surface area contributed by atoms with E-state index < -0.39 is 11.8 Å². The Bertz CT molecular complexity index is 904. The third-order valence-electron chi connectivity index (χ3n) is 4.63. The molecular formula is C20H22ClN3O3. The van der Waals surface area contributed by atoms with Crippen LogP contribution in [0.5, 0.6) is 0 Å². The zero-order valence-electron chi connectivity index (χ0n) is 15.6. The summed E-state index contributed by atoms with van der Waals surface area (Å²) in [5, 5.41) is 4.75. The maximum Gasteiger partial charge on any atom is 0.315 e. The van der Waals surface area contributed by atoms with Crippen molar-refractivity contribution >= 4 is 35.0 Å². The summed E-state index contributed by atoms with van der Waals surface area (Å²) in [4.78, 5) is 29.5. The molecule has 0 saturated heterocycles. The largest absolute Gasteiger partial charge is 0.465 e. The molecule has 0 radical (unpaired) electrons. The van der Waals surface area contributed by atoms with Crippen LogP contribution in [0.2, 0.25) is 5.02 Å². The first-order valence-corrected chi connectivity index (χ1v) is 9.44. The van der Waals surface area contributed by atoms with Crippen LogP contribution in [0.3, 0.4) is 0 Å². The molecule has 2 heterocycles. The topological polar surface area (TPSA) is 73.5 Å². The molecule has 0 spiro atoms. The molecule has 1 aliphatic heterocycles. The molecule has 1 aromatic carbocycles. The number of hydrogen-bond donors (Lipinski definition) is 0. The number of hydrogen-bond acceptors (Lipinski definition) is 5. The normalized spacial score (nSPS) is 18.6. The average molecular weight is 388 g/mol. The monoisotopic (exact) mass is 387 g/mol. The van der Waals surface area contributed by atoms with Crippen LogP contribution in [-0.4, -0.2) is 34.0 Å². The fraction of sp³-hybridized carbons (Fsp3) is 0.400. The van der Waals surface area contributed by atoms with Gasteiger partial charge in [0, 0.05) is 29.1 Å². The van der Waals surface area contributed by atoms with E-state index in [-0.39, 0.29) is 18.5 Å². The van der Waals surface area contributed by atoms with Crippen LogP contribution < -0.4 is 0 Å².